The van der Waals surface area contributed by atoms with Gasteiger partial charge < -0.3 is 9.84 Å². The molecule has 1 heterocycles. The van der Waals surface area contributed by atoms with E-state index in [-0.39, 0.29) is 5.92 Å². The van der Waals surface area contributed by atoms with Crippen molar-refractivity contribution in [3.05, 3.63) is 29.8 Å². The molecule has 0 radical (unpaired) electrons. The topological polar surface area (TPSA) is 49.8 Å². The number of hydrogen-bond donors (Lipinski definition) is 1. The maximum Gasteiger partial charge on any atom is 0.307 e. The van der Waals surface area contributed by atoms with Crippen LogP contribution in [0.4, 0.5) is 0 Å². The van der Waals surface area contributed by atoms with Gasteiger partial charge in [-0.2, -0.15) is 0 Å². The van der Waals surface area contributed by atoms with E-state index in [9.17, 15) is 9.90 Å². The van der Waals surface area contributed by atoms with Gasteiger partial charge in [-0.05, 0) is 44.4 Å². The molecule has 0 amide bonds. The minimum absolute atomic E-state index is 0.235. The van der Waals surface area contributed by atoms with Crippen molar-refractivity contribution < 1.29 is 14.6 Å². The highest BCUT2D eigenvalue weighted by molar-refractivity contribution is 5.70. The number of benzene rings is 1. The largest absolute Gasteiger partial charge is 0.494 e. The molecule has 1 N–H and O–H groups in total. The number of carboxylic acid groups (broad SMARTS) is 1. The number of nitrogens with zero attached hydrogens (tertiary/aromatic N) is 1. The van der Waals surface area contributed by atoms with Crippen molar-refractivity contribution in [1.29, 1.82) is 0 Å². The molecule has 1 aliphatic rings. The zero-order valence-electron chi connectivity index (χ0n) is 12.2. The Bertz CT molecular complexity index is 461. The molecule has 1 fully saturated rings. The van der Waals surface area contributed by atoms with Gasteiger partial charge in [-0.15, -0.1) is 0 Å². The van der Waals surface area contributed by atoms with Gasteiger partial charge in [0.05, 0.1) is 12.5 Å². The number of carboxylic acids is 1. The van der Waals surface area contributed by atoms with E-state index in [1.807, 2.05) is 25.1 Å². The molecule has 110 valence electrons. The Labute approximate surface area is 120 Å². The minimum atomic E-state index is -0.676. The first-order valence-electron chi connectivity index (χ1n) is 7.28. The third kappa shape index (κ3) is 3.73. The summed E-state index contributed by atoms with van der Waals surface area (Å²) >= 11 is 0. The fourth-order valence-corrected chi connectivity index (χ4v) is 2.74. The molecule has 0 saturated carbocycles. The summed E-state index contributed by atoms with van der Waals surface area (Å²) in [6.07, 6.45) is 1.73. The first-order chi connectivity index (χ1) is 9.60. The molecule has 2 atom stereocenters. The van der Waals surface area contributed by atoms with E-state index in [1.54, 1.807) is 0 Å². The summed E-state index contributed by atoms with van der Waals surface area (Å²) in [5.41, 5.74) is 1.17. The summed E-state index contributed by atoms with van der Waals surface area (Å²) in [5.74, 6) is -0.0318. The Morgan fingerprint density at radius 3 is 2.95 bits per heavy atom. The summed E-state index contributed by atoms with van der Waals surface area (Å²) in [4.78, 5) is 13.4. The summed E-state index contributed by atoms with van der Waals surface area (Å²) in [5, 5.41) is 9.18. The van der Waals surface area contributed by atoms with Crippen LogP contribution in [0.5, 0.6) is 5.75 Å². The van der Waals surface area contributed by atoms with Crippen LogP contribution in [0.15, 0.2) is 24.3 Å². The number of rotatable bonds is 5. The van der Waals surface area contributed by atoms with Crippen LogP contribution in [0.25, 0.3) is 0 Å². The molecule has 1 aromatic rings. The van der Waals surface area contributed by atoms with Gasteiger partial charge in [0.25, 0.3) is 0 Å². The van der Waals surface area contributed by atoms with E-state index >= 15 is 0 Å². The van der Waals surface area contributed by atoms with Crippen LogP contribution in [0.2, 0.25) is 0 Å². The third-order valence-electron chi connectivity index (χ3n) is 3.96. The summed E-state index contributed by atoms with van der Waals surface area (Å²) in [6.45, 7) is 6.22. The Kier molecular flexibility index (Phi) is 5.01. The van der Waals surface area contributed by atoms with Crippen LogP contribution in [-0.2, 0) is 11.3 Å². The molecule has 4 nitrogen and oxygen atoms in total. The van der Waals surface area contributed by atoms with Crippen molar-refractivity contribution in [1.82, 2.24) is 4.90 Å². The lowest BCUT2D eigenvalue weighted by molar-refractivity contribution is -0.144. The van der Waals surface area contributed by atoms with Crippen LogP contribution in [0.3, 0.4) is 0 Å². The second kappa shape index (κ2) is 6.75. The van der Waals surface area contributed by atoms with E-state index in [1.165, 1.54) is 5.56 Å². The van der Waals surface area contributed by atoms with E-state index in [0.29, 0.717) is 19.2 Å². The Morgan fingerprint density at radius 2 is 2.25 bits per heavy atom. The van der Waals surface area contributed by atoms with Gasteiger partial charge >= 0.3 is 5.97 Å². The quantitative estimate of drug-likeness (QED) is 0.899. The zero-order valence-corrected chi connectivity index (χ0v) is 12.2. The lowest BCUT2D eigenvalue weighted by Gasteiger charge is -2.36. The smallest absolute Gasteiger partial charge is 0.307 e. The molecule has 0 bridgehead atoms. The summed E-state index contributed by atoms with van der Waals surface area (Å²) in [6, 6.07) is 8.48. The summed E-state index contributed by atoms with van der Waals surface area (Å²) in [7, 11) is 0. The van der Waals surface area contributed by atoms with E-state index in [0.717, 1.165) is 25.1 Å². The normalized spacial score (nSPS) is 23.5. The highest BCUT2D eigenvalue weighted by atomic mass is 16.5. The van der Waals surface area contributed by atoms with Gasteiger partial charge in [0, 0.05) is 19.1 Å². The second-order valence-corrected chi connectivity index (χ2v) is 5.47. The number of hydrogen-bond acceptors (Lipinski definition) is 3. The number of carbonyl (C=O) groups is 1. The van der Waals surface area contributed by atoms with Crippen LogP contribution < -0.4 is 4.74 Å². The van der Waals surface area contributed by atoms with Gasteiger partial charge in [0.2, 0.25) is 0 Å². The number of aliphatic carboxylic acids is 1. The maximum absolute atomic E-state index is 11.2. The van der Waals surface area contributed by atoms with Crippen molar-refractivity contribution in [3.8, 4) is 5.75 Å². The molecule has 0 aliphatic carbocycles. The lowest BCUT2D eigenvalue weighted by Crippen LogP contribution is -2.43. The predicted octanol–water partition coefficient (Wildman–Crippen LogP) is 2.77. The summed E-state index contributed by atoms with van der Waals surface area (Å²) < 4.78 is 5.51. The number of ether oxygens (including phenoxy) is 1. The highest BCUT2D eigenvalue weighted by Gasteiger charge is 2.29. The van der Waals surface area contributed by atoms with Crippen LogP contribution in [0.1, 0.15) is 32.3 Å². The minimum Gasteiger partial charge on any atom is -0.494 e. The SMILES string of the molecule is CCOc1cccc(CN2CC(C(=O)O)CCC2C)c1. The van der Waals surface area contributed by atoms with Crippen LogP contribution in [-0.4, -0.2) is 35.2 Å². The molecule has 0 spiro atoms. The monoisotopic (exact) mass is 277 g/mol. The van der Waals surface area contributed by atoms with Gasteiger partial charge in [-0.25, -0.2) is 0 Å². The zero-order chi connectivity index (χ0) is 14.5. The predicted molar refractivity (Wildman–Crippen MR) is 77.8 cm³/mol. The molecule has 1 saturated heterocycles. The fourth-order valence-electron chi connectivity index (χ4n) is 2.74. The standard InChI is InChI=1S/C16H23NO3/c1-3-20-15-6-4-5-13(9-15)10-17-11-14(16(18)19)8-7-12(17)2/h4-6,9,12,14H,3,7-8,10-11H2,1-2H3,(H,18,19). The van der Waals surface area contributed by atoms with E-state index in [2.05, 4.69) is 17.9 Å². The molecule has 2 rings (SSSR count). The van der Waals surface area contributed by atoms with Crippen LogP contribution in [0, 0.1) is 5.92 Å². The van der Waals surface area contributed by atoms with Gasteiger partial charge in [-0.1, -0.05) is 12.1 Å². The molecule has 0 aromatic heterocycles. The van der Waals surface area contributed by atoms with Gasteiger partial charge in [0.1, 0.15) is 5.75 Å². The molecule has 1 aromatic carbocycles. The van der Waals surface area contributed by atoms with Crippen molar-refractivity contribution in [3.63, 3.8) is 0 Å². The second-order valence-electron chi connectivity index (χ2n) is 5.47. The van der Waals surface area contributed by atoms with E-state index < -0.39 is 5.97 Å². The Balaban J connectivity index is 2.03. The van der Waals surface area contributed by atoms with Gasteiger partial charge in [-0.3, -0.25) is 9.69 Å². The van der Waals surface area contributed by atoms with E-state index in [4.69, 9.17) is 4.74 Å². The van der Waals surface area contributed by atoms with Crippen molar-refractivity contribution in [2.45, 2.75) is 39.3 Å². The van der Waals surface area contributed by atoms with Crippen LogP contribution >= 0.6 is 0 Å². The lowest BCUT2D eigenvalue weighted by atomic mass is 9.93. The van der Waals surface area contributed by atoms with Crippen molar-refractivity contribution >= 4 is 5.97 Å². The highest BCUT2D eigenvalue weighted by Crippen LogP contribution is 2.24. The van der Waals surface area contributed by atoms with Crippen molar-refractivity contribution in [2.75, 3.05) is 13.2 Å². The van der Waals surface area contributed by atoms with Crippen molar-refractivity contribution in [2.24, 2.45) is 5.92 Å². The molecule has 20 heavy (non-hydrogen) atoms. The average Bonchev–Trinajstić information content (AvgIpc) is 2.42. The molecule has 4 heteroatoms. The molecule has 2 unspecified atom stereocenters. The number of likely N-dealkylation sites (tertiary alicyclic amines) is 1. The molecular formula is C16H23NO3. The molecule has 1 aliphatic heterocycles. The number of piperidine rings is 1. The molecular weight excluding hydrogens is 254 g/mol. The van der Waals surface area contributed by atoms with Gasteiger partial charge in [0.15, 0.2) is 0 Å². The Hall–Kier alpha value is -1.55. The first kappa shape index (κ1) is 14.9. The third-order valence-corrected chi connectivity index (χ3v) is 3.96. The fraction of sp³-hybridized carbons (Fsp3) is 0.562. The Morgan fingerprint density at radius 1 is 1.45 bits per heavy atom. The maximum atomic E-state index is 11.2. The average molecular weight is 277 g/mol. The first-order valence-corrected chi connectivity index (χ1v) is 7.28.